The molecule has 1 N–H and O–H groups in total. The molecule has 0 radical (unpaired) electrons. The molecule has 0 saturated carbocycles. The molecule has 9 heteroatoms. The molecule has 34 heavy (non-hydrogen) atoms. The Morgan fingerprint density at radius 2 is 1.88 bits per heavy atom. The molecule has 0 amide bonds. The molecule has 7 nitrogen and oxygen atoms in total. The van der Waals surface area contributed by atoms with E-state index in [-0.39, 0.29) is 23.4 Å². The van der Waals surface area contributed by atoms with Crippen molar-refractivity contribution in [2.75, 3.05) is 7.11 Å². The number of methoxy groups -OCH3 is 1. The van der Waals surface area contributed by atoms with E-state index < -0.39 is 17.0 Å². The first-order chi connectivity index (χ1) is 16.4. The van der Waals surface area contributed by atoms with Gasteiger partial charge >= 0.3 is 5.97 Å². The average Bonchev–Trinajstić information content (AvgIpc) is 2.84. The minimum atomic E-state index is -1.10. The lowest BCUT2D eigenvalue weighted by Crippen LogP contribution is -2.27. The van der Waals surface area contributed by atoms with Crippen LogP contribution in [0.25, 0.3) is 22.0 Å². The van der Waals surface area contributed by atoms with Crippen LogP contribution in [0, 0.1) is 12.7 Å². The molecule has 4 rings (SSSR count). The summed E-state index contributed by atoms with van der Waals surface area (Å²) >= 11 is 0.906. The number of benzene rings is 3. The number of nitrogens with zero attached hydrogens (tertiary/aromatic N) is 3. The summed E-state index contributed by atoms with van der Waals surface area (Å²) in [5, 5.41) is 17.2. The number of fused-ring (bicyclic) bond motifs is 1. The van der Waals surface area contributed by atoms with Crippen LogP contribution in [-0.4, -0.2) is 38.4 Å². The lowest BCUT2D eigenvalue weighted by atomic mass is 10.1. The highest BCUT2D eigenvalue weighted by Gasteiger charge is 2.22. The average molecular weight is 480 g/mol. The Labute approximate surface area is 199 Å². The topological polar surface area (TPSA) is 94.3 Å². The number of aromatic nitrogens is 3. The molecule has 0 fully saturated rings. The van der Waals surface area contributed by atoms with Crippen LogP contribution in [0.4, 0.5) is 4.39 Å². The number of halogens is 1. The monoisotopic (exact) mass is 479 g/mol. The number of hydrogen-bond acceptors (Lipinski definition) is 6. The maximum atomic E-state index is 14.8. The second-order valence-electron chi connectivity index (χ2n) is 7.70. The molecule has 0 spiro atoms. The van der Waals surface area contributed by atoms with Crippen molar-refractivity contribution in [1.82, 2.24) is 15.0 Å². The molecular formula is C25H22FN3O4S. The van der Waals surface area contributed by atoms with Gasteiger partial charge in [0, 0.05) is 11.4 Å². The second kappa shape index (κ2) is 10.0. The molecule has 1 heterocycles. The van der Waals surface area contributed by atoms with Gasteiger partial charge in [-0.2, -0.15) is 0 Å². The second-order valence-corrected chi connectivity index (χ2v) is 8.94. The predicted molar refractivity (Wildman–Crippen MR) is 129 cm³/mol. The summed E-state index contributed by atoms with van der Waals surface area (Å²) < 4.78 is 21.1. The Bertz CT molecular complexity index is 1410. The Kier molecular flexibility index (Phi) is 6.93. The number of ether oxygens (including phenoxy) is 1. The summed E-state index contributed by atoms with van der Waals surface area (Å²) in [6.07, 6.45) is 0.0750. The van der Waals surface area contributed by atoms with Crippen molar-refractivity contribution in [2.24, 2.45) is 0 Å². The normalized spacial score (nSPS) is 12.0. The van der Waals surface area contributed by atoms with Crippen LogP contribution in [0.1, 0.15) is 12.0 Å². The fourth-order valence-electron chi connectivity index (χ4n) is 3.57. The lowest BCUT2D eigenvalue weighted by molar-refractivity contribution is -0.136. The van der Waals surface area contributed by atoms with E-state index in [0.717, 1.165) is 27.6 Å². The standard InChI is InChI=1S/C25H22FN3O4S/c1-15-4-3-5-19-23(15)27-28-29(24(19)30)13-12-22(25(31)32)34-21-11-8-17(14-20(21)26)16-6-9-18(33-2)10-7-16/h3-11,14,22H,12-13H2,1-2H3,(H,31,32). The first-order valence-electron chi connectivity index (χ1n) is 10.5. The number of aliphatic carboxylic acids is 1. The minimum Gasteiger partial charge on any atom is -0.497 e. The summed E-state index contributed by atoms with van der Waals surface area (Å²) in [6, 6.07) is 17.2. The number of hydrogen-bond donors (Lipinski definition) is 1. The summed E-state index contributed by atoms with van der Waals surface area (Å²) in [5.74, 6) is -0.907. The number of thioether (sulfide) groups is 1. The van der Waals surface area contributed by atoms with Gasteiger partial charge in [-0.3, -0.25) is 9.59 Å². The highest BCUT2D eigenvalue weighted by molar-refractivity contribution is 8.00. The quantitative estimate of drug-likeness (QED) is 0.371. The third-order valence-corrected chi connectivity index (χ3v) is 6.77. The highest BCUT2D eigenvalue weighted by Crippen LogP contribution is 2.32. The van der Waals surface area contributed by atoms with Crippen LogP contribution in [0.2, 0.25) is 0 Å². The van der Waals surface area contributed by atoms with Gasteiger partial charge in [0.1, 0.15) is 22.3 Å². The van der Waals surface area contributed by atoms with E-state index in [0.29, 0.717) is 22.2 Å². The summed E-state index contributed by atoms with van der Waals surface area (Å²) in [4.78, 5) is 24.8. The van der Waals surface area contributed by atoms with E-state index in [2.05, 4.69) is 10.3 Å². The van der Waals surface area contributed by atoms with Crippen molar-refractivity contribution < 1.29 is 19.0 Å². The Morgan fingerprint density at radius 3 is 2.56 bits per heavy atom. The summed E-state index contributed by atoms with van der Waals surface area (Å²) in [6.45, 7) is 1.89. The van der Waals surface area contributed by atoms with Crippen LogP contribution in [0.5, 0.6) is 5.75 Å². The van der Waals surface area contributed by atoms with Gasteiger partial charge in [0.05, 0.1) is 12.5 Å². The maximum absolute atomic E-state index is 14.8. The van der Waals surface area contributed by atoms with E-state index in [1.54, 1.807) is 43.5 Å². The molecule has 1 aromatic heterocycles. The zero-order chi connectivity index (χ0) is 24.2. The van der Waals surface area contributed by atoms with Crippen molar-refractivity contribution in [1.29, 1.82) is 0 Å². The van der Waals surface area contributed by atoms with Crippen LogP contribution >= 0.6 is 11.8 Å². The van der Waals surface area contributed by atoms with E-state index in [1.807, 2.05) is 25.1 Å². The number of rotatable bonds is 8. The fourth-order valence-corrected chi connectivity index (χ4v) is 4.52. The smallest absolute Gasteiger partial charge is 0.317 e. The number of carbonyl (C=O) groups is 1. The van der Waals surface area contributed by atoms with Crippen molar-refractivity contribution in [3.05, 3.63) is 82.4 Å². The fraction of sp³-hybridized carbons (Fsp3) is 0.200. The third-order valence-electron chi connectivity index (χ3n) is 5.46. The molecule has 0 saturated heterocycles. The molecule has 0 bridgehead atoms. The molecule has 4 aromatic rings. The van der Waals surface area contributed by atoms with E-state index in [9.17, 15) is 19.1 Å². The van der Waals surface area contributed by atoms with E-state index >= 15 is 0 Å². The van der Waals surface area contributed by atoms with Gasteiger partial charge in [-0.25, -0.2) is 9.07 Å². The molecular weight excluding hydrogens is 457 g/mol. The minimum absolute atomic E-state index is 0.0469. The molecule has 0 aliphatic rings. The number of aryl methyl sites for hydroxylation is 2. The van der Waals surface area contributed by atoms with E-state index in [1.165, 1.54) is 6.07 Å². The number of carboxylic acids is 1. The molecule has 174 valence electrons. The first-order valence-corrected chi connectivity index (χ1v) is 11.4. The molecule has 1 atom stereocenters. The van der Waals surface area contributed by atoms with Crippen LogP contribution < -0.4 is 10.3 Å². The predicted octanol–water partition coefficient (Wildman–Crippen LogP) is 4.55. The molecule has 3 aromatic carbocycles. The van der Waals surface area contributed by atoms with Gasteiger partial charge in [0.15, 0.2) is 0 Å². The third kappa shape index (κ3) is 4.94. The Morgan fingerprint density at radius 1 is 1.15 bits per heavy atom. The van der Waals surface area contributed by atoms with Crippen molar-refractivity contribution in [3.8, 4) is 16.9 Å². The lowest BCUT2D eigenvalue weighted by Gasteiger charge is -2.14. The summed E-state index contributed by atoms with van der Waals surface area (Å²) in [5.41, 5.74) is 2.51. The van der Waals surface area contributed by atoms with Gasteiger partial charge in [-0.05, 0) is 60.4 Å². The van der Waals surface area contributed by atoms with Gasteiger partial charge in [-0.1, -0.05) is 35.5 Å². The highest BCUT2D eigenvalue weighted by atomic mass is 32.2. The van der Waals surface area contributed by atoms with Crippen LogP contribution in [0.3, 0.4) is 0 Å². The largest absolute Gasteiger partial charge is 0.497 e. The summed E-state index contributed by atoms with van der Waals surface area (Å²) in [7, 11) is 1.57. The van der Waals surface area contributed by atoms with Crippen molar-refractivity contribution in [2.45, 2.75) is 30.0 Å². The zero-order valence-corrected chi connectivity index (χ0v) is 19.4. The SMILES string of the molecule is COc1ccc(-c2ccc(SC(CCn3nnc4c(C)cccc4c3=O)C(=O)O)c(F)c2)cc1. The van der Waals surface area contributed by atoms with Crippen molar-refractivity contribution >= 4 is 28.6 Å². The Hall–Kier alpha value is -3.72. The zero-order valence-electron chi connectivity index (χ0n) is 18.6. The maximum Gasteiger partial charge on any atom is 0.317 e. The Balaban J connectivity index is 1.50. The van der Waals surface area contributed by atoms with Gasteiger partial charge in [0.25, 0.3) is 5.56 Å². The van der Waals surface area contributed by atoms with Gasteiger partial charge in [0.2, 0.25) is 0 Å². The van der Waals surface area contributed by atoms with Gasteiger partial charge < -0.3 is 9.84 Å². The van der Waals surface area contributed by atoms with Crippen LogP contribution in [-0.2, 0) is 11.3 Å². The number of carboxylic acid groups (broad SMARTS) is 1. The molecule has 0 aliphatic carbocycles. The van der Waals surface area contributed by atoms with Crippen LogP contribution in [0.15, 0.2) is 70.4 Å². The van der Waals surface area contributed by atoms with Gasteiger partial charge in [-0.15, -0.1) is 16.9 Å². The molecule has 0 aliphatic heterocycles. The van der Waals surface area contributed by atoms with Crippen molar-refractivity contribution in [3.63, 3.8) is 0 Å². The van der Waals surface area contributed by atoms with E-state index in [4.69, 9.17) is 4.74 Å². The molecule has 1 unspecified atom stereocenters. The first kappa shape index (κ1) is 23.4.